The molecule has 0 aliphatic carbocycles. The van der Waals surface area contributed by atoms with Gasteiger partial charge in [0.1, 0.15) is 11.3 Å². The molecule has 1 N–H and O–H groups in total. The number of rotatable bonds is 5. The second kappa shape index (κ2) is 6.02. The van der Waals surface area contributed by atoms with Crippen LogP contribution in [-0.4, -0.2) is 35.7 Å². The van der Waals surface area contributed by atoms with Crippen LogP contribution in [-0.2, 0) is 19.1 Å². The van der Waals surface area contributed by atoms with Crippen molar-refractivity contribution in [3.63, 3.8) is 0 Å². The van der Waals surface area contributed by atoms with Crippen LogP contribution in [0.4, 0.5) is 0 Å². The molecule has 0 spiro atoms. The van der Waals surface area contributed by atoms with Crippen molar-refractivity contribution >= 4 is 11.8 Å². The number of aliphatic hydroxyl groups is 1. The molecule has 0 saturated heterocycles. The number of hydrogen-bond acceptors (Lipinski definition) is 5. The summed E-state index contributed by atoms with van der Waals surface area (Å²) in [7, 11) is 1.23. The lowest BCUT2D eigenvalue weighted by atomic mass is 9.96. The van der Waals surface area contributed by atoms with E-state index in [2.05, 4.69) is 4.74 Å². The predicted octanol–water partition coefficient (Wildman–Crippen LogP) is 1.51. The number of carbonyl (C=O) groups excluding carboxylic acids is 2. The molecule has 0 bridgehead atoms. The summed E-state index contributed by atoms with van der Waals surface area (Å²) in [6.07, 6.45) is 4.26. The van der Waals surface area contributed by atoms with E-state index in [0.717, 1.165) is 0 Å². The van der Waals surface area contributed by atoms with E-state index >= 15 is 0 Å². The van der Waals surface area contributed by atoms with Crippen LogP contribution in [0.1, 0.15) is 33.6 Å². The Morgan fingerprint density at radius 1 is 1.58 bits per heavy atom. The highest BCUT2D eigenvalue weighted by Crippen LogP contribution is 2.32. The van der Waals surface area contributed by atoms with Crippen molar-refractivity contribution in [1.82, 2.24) is 0 Å². The number of aliphatic hydroxyl groups excluding tert-OH is 1. The van der Waals surface area contributed by atoms with E-state index in [-0.39, 0.29) is 17.4 Å². The van der Waals surface area contributed by atoms with Gasteiger partial charge in [-0.25, -0.2) is 4.79 Å². The smallest absolute Gasteiger partial charge is 0.345 e. The fourth-order valence-corrected chi connectivity index (χ4v) is 1.92. The number of esters is 1. The molecule has 0 aromatic rings. The van der Waals surface area contributed by atoms with Gasteiger partial charge in [-0.2, -0.15) is 0 Å². The Labute approximate surface area is 112 Å². The summed E-state index contributed by atoms with van der Waals surface area (Å²) >= 11 is 0. The zero-order valence-electron chi connectivity index (χ0n) is 11.7. The predicted molar refractivity (Wildman–Crippen MR) is 69.3 cm³/mol. The van der Waals surface area contributed by atoms with Gasteiger partial charge in [0.25, 0.3) is 0 Å². The summed E-state index contributed by atoms with van der Waals surface area (Å²) in [6, 6.07) is 0. The van der Waals surface area contributed by atoms with Crippen molar-refractivity contribution in [3.8, 4) is 0 Å². The molecule has 1 rings (SSSR count). The highest BCUT2D eigenvalue weighted by atomic mass is 16.5. The Balaban J connectivity index is 2.77. The first-order chi connectivity index (χ1) is 8.81. The third kappa shape index (κ3) is 3.44. The summed E-state index contributed by atoms with van der Waals surface area (Å²) in [5, 5.41) is 9.15. The minimum atomic E-state index is -1.16. The maximum atomic E-state index is 12.2. The molecule has 0 aromatic heterocycles. The zero-order valence-corrected chi connectivity index (χ0v) is 11.7. The van der Waals surface area contributed by atoms with Gasteiger partial charge in [-0.3, -0.25) is 4.79 Å². The lowest BCUT2D eigenvalue weighted by Crippen LogP contribution is -2.33. The third-order valence-corrected chi connectivity index (χ3v) is 2.97. The second-order valence-electron chi connectivity index (χ2n) is 4.79. The molecule has 1 heterocycles. The average molecular weight is 268 g/mol. The molecule has 0 amide bonds. The van der Waals surface area contributed by atoms with Gasteiger partial charge in [0.15, 0.2) is 5.60 Å². The number of ketones is 1. The molecule has 19 heavy (non-hydrogen) atoms. The van der Waals surface area contributed by atoms with Gasteiger partial charge < -0.3 is 14.6 Å². The van der Waals surface area contributed by atoms with Crippen molar-refractivity contribution in [3.05, 3.63) is 23.5 Å². The van der Waals surface area contributed by atoms with Crippen molar-refractivity contribution in [2.45, 2.75) is 45.3 Å². The first-order valence-electron chi connectivity index (χ1n) is 6.20. The second-order valence-corrected chi connectivity index (χ2v) is 4.79. The topological polar surface area (TPSA) is 72.8 Å². The summed E-state index contributed by atoms with van der Waals surface area (Å²) in [6.45, 7) is 4.88. The molecule has 106 valence electrons. The van der Waals surface area contributed by atoms with Gasteiger partial charge in [0.05, 0.1) is 13.2 Å². The lowest BCUT2D eigenvalue weighted by molar-refractivity contribution is -0.138. The molecule has 2 atom stereocenters. The first-order valence-corrected chi connectivity index (χ1v) is 6.20. The van der Waals surface area contributed by atoms with Gasteiger partial charge in [-0.15, -0.1) is 0 Å². The standard InChI is InChI=1S/C14H20O5/c1-9(15)7-5-6-8-14(3)12(16)11(10(2)19-14)13(17)18-4/h6,8-9,15H,5,7H2,1-4H3/t9-,14-/m0/s1. The maximum absolute atomic E-state index is 12.2. The van der Waals surface area contributed by atoms with Gasteiger partial charge in [-0.1, -0.05) is 6.08 Å². The van der Waals surface area contributed by atoms with Crippen molar-refractivity contribution in [2.75, 3.05) is 7.11 Å². The lowest BCUT2D eigenvalue weighted by Gasteiger charge is -2.18. The van der Waals surface area contributed by atoms with Crippen molar-refractivity contribution < 1.29 is 24.2 Å². The number of ether oxygens (including phenoxy) is 2. The average Bonchev–Trinajstić information content (AvgIpc) is 2.55. The number of methoxy groups -OCH3 is 1. The Bertz CT molecular complexity index is 433. The van der Waals surface area contributed by atoms with Crippen LogP contribution in [0.25, 0.3) is 0 Å². The normalized spacial score (nSPS) is 24.8. The van der Waals surface area contributed by atoms with Gasteiger partial charge in [0, 0.05) is 0 Å². The fourth-order valence-electron chi connectivity index (χ4n) is 1.92. The van der Waals surface area contributed by atoms with E-state index in [9.17, 15) is 9.59 Å². The van der Waals surface area contributed by atoms with Crippen LogP contribution in [0.15, 0.2) is 23.5 Å². The third-order valence-electron chi connectivity index (χ3n) is 2.97. The van der Waals surface area contributed by atoms with E-state index in [1.54, 1.807) is 32.9 Å². The minimum Gasteiger partial charge on any atom is -0.479 e. The Morgan fingerprint density at radius 3 is 2.74 bits per heavy atom. The minimum absolute atomic E-state index is 0.0369. The molecule has 0 saturated carbocycles. The maximum Gasteiger partial charge on any atom is 0.345 e. The Hall–Kier alpha value is -1.62. The molecule has 0 radical (unpaired) electrons. The van der Waals surface area contributed by atoms with Crippen molar-refractivity contribution in [2.24, 2.45) is 0 Å². The van der Waals surface area contributed by atoms with Gasteiger partial charge in [0.2, 0.25) is 5.78 Å². The number of hydrogen-bond donors (Lipinski definition) is 1. The van der Waals surface area contributed by atoms with E-state index in [1.165, 1.54) is 7.11 Å². The Kier molecular flexibility index (Phi) is 4.89. The van der Waals surface area contributed by atoms with Crippen LogP contribution >= 0.6 is 0 Å². The molecule has 5 nitrogen and oxygen atoms in total. The number of carbonyl (C=O) groups is 2. The van der Waals surface area contributed by atoms with Crippen LogP contribution < -0.4 is 0 Å². The molecule has 1 aliphatic heterocycles. The molecule has 5 heteroatoms. The van der Waals surface area contributed by atoms with Crippen LogP contribution in [0.3, 0.4) is 0 Å². The summed E-state index contributed by atoms with van der Waals surface area (Å²) < 4.78 is 10.1. The van der Waals surface area contributed by atoms with Crippen molar-refractivity contribution in [1.29, 1.82) is 0 Å². The summed E-state index contributed by atoms with van der Waals surface area (Å²) in [5.41, 5.74) is -1.20. The highest BCUT2D eigenvalue weighted by molar-refractivity contribution is 6.22. The van der Waals surface area contributed by atoms with E-state index < -0.39 is 17.4 Å². The van der Waals surface area contributed by atoms with Crippen LogP contribution in [0.2, 0.25) is 0 Å². The molecule has 0 aromatic carbocycles. The summed E-state index contributed by atoms with van der Waals surface area (Å²) in [4.78, 5) is 23.7. The van der Waals surface area contributed by atoms with Crippen LogP contribution in [0, 0.1) is 0 Å². The SMILES string of the molecule is COC(=O)C1=C(C)O[C@@](C)(C=CCC[C@H](C)O)C1=O. The monoisotopic (exact) mass is 268 g/mol. The molecular formula is C14H20O5. The number of Topliss-reactive ketones (excluding diaryl/α,β-unsaturated/α-hetero) is 1. The highest BCUT2D eigenvalue weighted by Gasteiger charge is 2.45. The molecule has 0 unspecified atom stereocenters. The van der Waals surface area contributed by atoms with E-state index in [1.807, 2.05) is 0 Å². The van der Waals surface area contributed by atoms with Gasteiger partial charge in [-0.05, 0) is 39.7 Å². The largest absolute Gasteiger partial charge is 0.479 e. The zero-order chi connectivity index (χ0) is 14.6. The van der Waals surface area contributed by atoms with E-state index in [4.69, 9.17) is 9.84 Å². The molecular weight excluding hydrogens is 248 g/mol. The molecule has 0 fully saturated rings. The van der Waals surface area contributed by atoms with Crippen LogP contribution in [0.5, 0.6) is 0 Å². The van der Waals surface area contributed by atoms with Gasteiger partial charge >= 0.3 is 5.97 Å². The quantitative estimate of drug-likeness (QED) is 0.465. The first kappa shape index (κ1) is 15.4. The summed E-state index contributed by atoms with van der Waals surface area (Å²) in [5.74, 6) is -0.798. The fraction of sp³-hybridized carbons (Fsp3) is 0.571. The number of allylic oxidation sites excluding steroid dienone is 2. The molecule has 1 aliphatic rings. The Morgan fingerprint density at radius 2 is 2.21 bits per heavy atom. The van der Waals surface area contributed by atoms with E-state index in [0.29, 0.717) is 12.8 Å².